The van der Waals surface area contributed by atoms with Gasteiger partial charge in [-0.3, -0.25) is 0 Å². The molecule has 0 bridgehead atoms. The van der Waals surface area contributed by atoms with Crippen molar-refractivity contribution >= 4 is 17.3 Å². The van der Waals surface area contributed by atoms with Crippen molar-refractivity contribution in [3.63, 3.8) is 0 Å². The first-order valence-corrected chi connectivity index (χ1v) is 7.60. The van der Waals surface area contributed by atoms with E-state index in [0.717, 1.165) is 31.7 Å². The Morgan fingerprint density at radius 1 is 1.14 bits per heavy atom. The van der Waals surface area contributed by atoms with Crippen LogP contribution in [0.15, 0.2) is 48.5 Å². The first kappa shape index (κ1) is 14.4. The number of anilines is 1. The number of benzene rings is 2. The highest BCUT2D eigenvalue weighted by molar-refractivity contribution is 6.33. The van der Waals surface area contributed by atoms with Crippen LogP contribution in [0.4, 0.5) is 10.1 Å². The van der Waals surface area contributed by atoms with E-state index in [1.165, 1.54) is 17.7 Å². The topological polar surface area (TPSA) is 15.3 Å². The second-order valence-corrected chi connectivity index (χ2v) is 5.72. The molecule has 0 radical (unpaired) electrons. The van der Waals surface area contributed by atoms with Gasteiger partial charge < -0.3 is 10.2 Å². The summed E-state index contributed by atoms with van der Waals surface area (Å²) in [6.07, 6.45) is 1.01. The van der Waals surface area contributed by atoms with Crippen molar-refractivity contribution in [1.82, 2.24) is 5.32 Å². The van der Waals surface area contributed by atoms with Crippen molar-refractivity contribution in [3.8, 4) is 0 Å². The van der Waals surface area contributed by atoms with Crippen molar-refractivity contribution in [3.05, 3.63) is 64.9 Å². The maximum Gasteiger partial charge on any atom is 0.125 e. The molecule has 21 heavy (non-hydrogen) atoms. The molecule has 0 spiro atoms. The Morgan fingerprint density at radius 3 is 2.76 bits per heavy atom. The van der Waals surface area contributed by atoms with E-state index >= 15 is 0 Å². The zero-order valence-electron chi connectivity index (χ0n) is 11.7. The summed E-state index contributed by atoms with van der Waals surface area (Å²) in [5.41, 5.74) is 2.03. The third kappa shape index (κ3) is 3.36. The molecule has 1 N–H and O–H groups in total. The van der Waals surface area contributed by atoms with Gasteiger partial charge in [0.2, 0.25) is 0 Å². The maximum atomic E-state index is 13.5. The van der Waals surface area contributed by atoms with Crippen LogP contribution in [0.3, 0.4) is 0 Å². The van der Waals surface area contributed by atoms with Gasteiger partial charge in [-0.05, 0) is 36.7 Å². The quantitative estimate of drug-likeness (QED) is 0.901. The summed E-state index contributed by atoms with van der Waals surface area (Å²) in [5, 5.41) is 4.16. The SMILES string of the molecule is Fc1ccc(Cl)c(N2CCCNC(c3ccccc3)C2)c1. The van der Waals surface area contributed by atoms with Gasteiger partial charge >= 0.3 is 0 Å². The number of nitrogens with zero attached hydrogens (tertiary/aromatic N) is 1. The van der Waals surface area contributed by atoms with E-state index in [1.807, 2.05) is 18.2 Å². The molecule has 1 heterocycles. The molecule has 1 atom stereocenters. The molecule has 1 aliphatic heterocycles. The Balaban J connectivity index is 1.87. The van der Waals surface area contributed by atoms with Crippen LogP contribution in [0.5, 0.6) is 0 Å². The third-order valence-electron chi connectivity index (χ3n) is 3.85. The number of halogens is 2. The predicted molar refractivity (Wildman–Crippen MR) is 85.4 cm³/mol. The third-order valence-corrected chi connectivity index (χ3v) is 4.17. The highest BCUT2D eigenvalue weighted by atomic mass is 35.5. The first-order valence-electron chi connectivity index (χ1n) is 7.22. The van der Waals surface area contributed by atoms with Crippen LogP contribution in [-0.2, 0) is 0 Å². The lowest BCUT2D eigenvalue weighted by atomic mass is 10.1. The largest absolute Gasteiger partial charge is 0.368 e. The van der Waals surface area contributed by atoms with Gasteiger partial charge in [-0.1, -0.05) is 41.9 Å². The van der Waals surface area contributed by atoms with E-state index in [1.54, 1.807) is 6.07 Å². The Labute approximate surface area is 129 Å². The average molecular weight is 305 g/mol. The van der Waals surface area contributed by atoms with E-state index in [-0.39, 0.29) is 11.9 Å². The fraction of sp³-hybridized carbons (Fsp3) is 0.294. The van der Waals surface area contributed by atoms with Gasteiger partial charge in [0.25, 0.3) is 0 Å². The molecule has 0 amide bonds. The predicted octanol–water partition coefficient (Wildman–Crippen LogP) is 4.02. The molecule has 3 rings (SSSR count). The minimum absolute atomic E-state index is 0.230. The lowest BCUT2D eigenvalue weighted by Crippen LogP contribution is -2.31. The minimum Gasteiger partial charge on any atom is -0.368 e. The summed E-state index contributed by atoms with van der Waals surface area (Å²) in [6, 6.07) is 15.1. The van der Waals surface area contributed by atoms with Gasteiger partial charge in [-0.2, -0.15) is 0 Å². The highest BCUT2D eigenvalue weighted by Gasteiger charge is 2.21. The first-order chi connectivity index (χ1) is 10.2. The maximum absolute atomic E-state index is 13.5. The second kappa shape index (κ2) is 6.46. The van der Waals surface area contributed by atoms with Crippen molar-refractivity contribution in [1.29, 1.82) is 0 Å². The standard InChI is InChI=1S/C17H18ClFN2/c18-15-8-7-14(19)11-17(15)21-10-4-9-20-16(12-21)13-5-2-1-3-6-13/h1-3,5-8,11,16,20H,4,9-10,12H2. The van der Waals surface area contributed by atoms with Crippen LogP contribution in [-0.4, -0.2) is 19.6 Å². The van der Waals surface area contributed by atoms with Gasteiger partial charge in [0.1, 0.15) is 5.82 Å². The van der Waals surface area contributed by atoms with E-state index < -0.39 is 0 Å². The molecule has 1 saturated heterocycles. The van der Waals surface area contributed by atoms with Crippen LogP contribution in [0.1, 0.15) is 18.0 Å². The number of rotatable bonds is 2. The van der Waals surface area contributed by atoms with Crippen molar-refractivity contribution < 1.29 is 4.39 Å². The van der Waals surface area contributed by atoms with Gasteiger partial charge in [0.05, 0.1) is 10.7 Å². The monoisotopic (exact) mass is 304 g/mol. The van der Waals surface area contributed by atoms with Crippen LogP contribution in [0.2, 0.25) is 5.02 Å². The Bertz CT molecular complexity index is 603. The van der Waals surface area contributed by atoms with Crippen LogP contribution >= 0.6 is 11.6 Å². The highest BCUT2D eigenvalue weighted by Crippen LogP contribution is 2.29. The summed E-state index contributed by atoms with van der Waals surface area (Å²) >= 11 is 6.25. The van der Waals surface area contributed by atoms with E-state index in [4.69, 9.17) is 11.6 Å². The Hall–Kier alpha value is -1.58. The van der Waals surface area contributed by atoms with Crippen LogP contribution < -0.4 is 10.2 Å². The van der Waals surface area contributed by atoms with Gasteiger partial charge in [-0.15, -0.1) is 0 Å². The molecular formula is C17H18ClFN2. The second-order valence-electron chi connectivity index (χ2n) is 5.31. The fourth-order valence-corrected chi connectivity index (χ4v) is 3.02. The normalized spacial score (nSPS) is 19.3. The van der Waals surface area contributed by atoms with Crippen molar-refractivity contribution in [2.45, 2.75) is 12.5 Å². The molecule has 0 aliphatic carbocycles. The summed E-state index contributed by atoms with van der Waals surface area (Å²) in [6.45, 7) is 2.61. The number of hydrogen-bond donors (Lipinski definition) is 1. The summed E-state index contributed by atoms with van der Waals surface area (Å²) < 4.78 is 13.5. The molecule has 1 aliphatic rings. The molecule has 0 saturated carbocycles. The fourth-order valence-electron chi connectivity index (χ4n) is 2.78. The van der Waals surface area contributed by atoms with Crippen LogP contribution in [0.25, 0.3) is 0 Å². The van der Waals surface area contributed by atoms with Gasteiger partial charge in [-0.25, -0.2) is 4.39 Å². The van der Waals surface area contributed by atoms with Gasteiger partial charge in [0.15, 0.2) is 0 Å². The number of hydrogen-bond acceptors (Lipinski definition) is 2. The van der Waals surface area contributed by atoms with E-state index in [9.17, 15) is 4.39 Å². The Morgan fingerprint density at radius 2 is 1.95 bits per heavy atom. The zero-order chi connectivity index (χ0) is 14.7. The molecule has 2 aromatic rings. The summed E-state index contributed by atoms with van der Waals surface area (Å²) in [7, 11) is 0. The van der Waals surface area contributed by atoms with E-state index in [0.29, 0.717) is 5.02 Å². The lowest BCUT2D eigenvalue weighted by Gasteiger charge is -2.27. The van der Waals surface area contributed by atoms with Gasteiger partial charge in [0, 0.05) is 19.1 Å². The van der Waals surface area contributed by atoms with E-state index in [2.05, 4.69) is 22.3 Å². The lowest BCUT2D eigenvalue weighted by molar-refractivity contribution is 0.569. The molecule has 4 heteroatoms. The molecular weight excluding hydrogens is 287 g/mol. The van der Waals surface area contributed by atoms with Crippen LogP contribution in [0, 0.1) is 5.82 Å². The summed E-state index contributed by atoms with van der Waals surface area (Å²) in [4.78, 5) is 2.17. The molecule has 1 fully saturated rings. The molecule has 2 aromatic carbocycles. The summed E-state index contributed by atoms with van der Waals surface area (Å²) in [5.74, 6) is -0.247. The minimum atomic E-state index is -0.247. The average Bonchev–Trinajstić information content (AvgIpc) is 2.76. The van der Waals surface area contributed by atoms with Crippen molar-refractivity contribution in [2.75, 3.05) is 24.5 Å². The Kier molecular flexibility index (Phi) is 4.42. The molecule has 2 nitrogen and oxygen atoms in total. The smallest absolute Gasteiger partial charge is 0.125 e. The molecule has 110 valence electrons. The zero-order valence-corrected chi connectivity index (χ0v) is 12.5. The number of nitrogens with one attached hydrogen (secondary N) is 1. The molecule has 0 aromatic heterocycles. The van der Waals surface area contributed by atoms with Crippen molar-refractivity contribution in [2.24, 2.45) is 0 Å². The molecule has 1 unspecified atom stereocenters.